The zero-order valence-corrected chi connectivity index (χ0v) is 28.9. The van der Waals surface area contributed by atoms with Crippen LogP contribution in [0.2, 0.25) is 0 Å². The normalized spacial score (nSPS) is 16.6. The first kappa shape index (κ1) is 36.4. The first-order valence-electron chi connectivity index (χ1n) is 18.8. The van der Waals surface area contributed by atoms with Gasteiger partial charge in [0.1, 0.15) is 5.60 Å². The van der Waals surface area contributed by atoms with Crippen LogP contribution in [0.4, 0.5) is 0 Å². The Morgan fingerprint density at radius 2 is 0.957 bits per heavy atom. The quantitative estimate of drug-likeness (QED) is 0.0692. The van der Waals surface area contributed by atoms with E-state index in [1.807, 2.05) is 0 Å². The molecule has 3 heteroatoms. The van der Waals surface area contributed by atoms with Crippen LogP contribution in [0, 0.1) is 5.92 Å². The van der Waals surface area contributed by atoms with Gasteiger partial charge in [-0.05, 0) is 29.5 Å². The van der Waals surface area contributed by atoms with Crippen molar-refractivity contribution in [1.82, 2.24) is 0 Å². The molecule has 1 saturated heterocycles. The number of hydrogen-bond donors (Lipinski definition) is 0. The van der Waals surface area contributed by atoms with E-state index in [4.69, 9.17) is 14.2 Å². The van der Waals surface area contributed by atoms with Gasteiger partial charge in [-0.3, -0.25) is 0 Å². The predicted octanol–water partition coefficient (Wildman–Crippen LogP) is 11.7. The molecule has 0 bridgehead atoms. The van der Waals surface area contributed by atoms with Crippen LogP contribution in [0.1, 0.15) is 133 Å². The van der Waals surface area contributed by atoms with E-state index in [9.17, 15) is 0 Å². The summed E-state index contributed by atoms with van der Waals surface area (Å²) in [6.45, 7) is 5.19. The van der Waals surface area contributed by atoms with Crippen LogP contribution in [-0.2, 0) is 19.8 Å². The molecule has 0 saturated carbocycles. The zero-order valence-electron chi connectivity index (χ0n) is 28.9. The van der Waals surface area contributed by atoms with E-state index in [1.165, 1.54) is 96.3 Å². The topological polar surface area (TPSA) is 27.7 Å². The Kier molecular flexibility index (Phi) is 17.5. The van der Waals surface area contributed by atoms with Crippen molar-refractivity contribution < 1.29 is 14.2 Å². The molecule has 0 aliphatic carbocycles. The van der Waals surface area contributed by atoms with Crippen LogP contribution in [0.5, 0.6) is 0 Å². The van der Waals surface area contributed by atoms with E-state index >= 15 is 0 Å². The molecular formula is C43H62O3. The summed E-state index contributed by atoms with van der Waals surface area (Å²) in [7, 11) is 0. The molecule has 2 atom stereocenters. The lowest BCUT2D eigenvalue weighted by atomic mass is 9.80. The summed E-state index contributed by atoms with van der Waals surface area (Å²) in [4.78, 5) is 0. The van der Waals surface area contributed by atoms with Gasteiger partial charge in [0.15, 0.2) is 0 Å². The van der Waals surface area contributed by atoms with E-state index in [2.05, 4.69) is 97.9 Å². The second-order valence-corrected chi connectivity index (χ2v) is 13.5. The van der Waals surface area contributed by atoms with Crippen molar-refractivity contribution >= 4 is 0 Å². The van der Waals surface area contributed by atoms with Crippen LogP contribution in [0.25, 0.3) is 0 Å². The summed E-state index contributed by atoms with van der Waals surface area (Å²) in [5, 5.41) is 0. The fourth-order valence-corrected chi connectivity index (χ4v) is 6.99. The number of unbranched alkanes of at least 4 members (excludes halogenated alkanes) is 15. The highest BCUT2D eigenvalue weighted by molar-refractivity contribution is 5.47. The maximum absolute atomic E-state index is 7.04. The molecule has 4 rings (SSSR count). The number of benzene rings is 3. The minimum absolute atomic E-state index is 0.161. The molecule has 1 heterocycles. The molecule has 1 aliphatic heterocycles. The van der Waals surface area contributed by atoms with Crippen molar-refractivity contribution in [2.75, 3.05) is 26.4 Å². The predicted molar refractivity (Wildman–Crippen MR) is 193 cm³/mol. The molecule has 3 nitrogen and oxygen atoms in total. The summed E-state index contributed by atoms with van der Waals surface area (Å²) in [5.74, 6) is 0.347. The number of rotatable bonds is 25. The lowest BCUT2D eigenvalue weighted by molar-refractivity contribution is -0.0118. The van der Waals surface area contributed by atoms with Crippen molar-refractivity contribution in [3.63, 3.8) is 0 Å². The number of ether oxygens (including phenoxy) is 3. The largest absolute Gasteiger partial charge is 0.379 e. The van der Waals surface area contributed by atoms with Crippen LogP contribution in [-0.4, -0.2) is 32.5 Å². The molecule has 0 aromatic heterocycles. The highest BCUT2D eigenvalue weighted by Gasteiger charge is 2.39. The SMILES string of the molecule is CCCCCCCCCCCCCCCCCCOC[C@@H]1C[C@@H](COC(c2ccccc2)(c2ccccc2)c2ccccc2)CO1. The first-order chi connectivity index (χ1) is 22.8. The second-order valence-electron chi connectivity index (χ2n) is 13.5. The summed E-state index contributed by atoms with van der Waals surface area (Å²) >= 11 is 0. The Morgan fingerprint density at radius 1 is 0.543 bits per heavy atom. The second kappa shape index (κ2) is 22.2. The van der Waals surface area contributed by atoms with Gasteiger partial charge in [0.2, 0.25) is 0 Å². The maximum Gasteiger partial charge on any atom is 0.143 e. The Hall–Kier alpha value is -2.46. The Bertz CT molecular complexity index is 1040. The molecular weight excluding hydrogens is 564 g/mol. The monoisotopic (exact) mass is 626 g/mol. The van der Waals surface area contributed by atoms with Gasteiger partial charge in [-0.2, -0.15) is 0 Å². The highest BCUT2D eigenvalue weighted by atomic mass is 16.5. The van der Waals surface area contributed by atoms with Gasteiger partial charge in [-0.25, -0.2) is 0 Å². The van der Waals surface area contributed by atoms with Gasteiger partial charge in [0, 0.05) is 12.5 Å². The summed E-state index contributed by atoms with van der Waals surface area (Å²) in [6, 6.07) is 31.9. The molecule has 252 valence electrons. The Labute approximate surface area is 281 Å². The maximum atomic E-state index is 7.04. The van der Waals surface area contributed by atoms with E-state index < -0.39 is 5.60 Å². The molecule has 0 spiro atoms. The van der Waals surface area contributed by atoms with Crippen LogP contribution < -0.4 is 0 Å². The third kappa shape index (κ3) is 12.3. The van der Waals surface area contributed by atoms with Crippen molar-refractivity contribution in [2.45, 2.75) is 128 Å². The van der Waals surface area contributed by atoms with Crippen LogP contribution in [0.3, 0.4) is 0 Å². The summed E-state index contributed by atoms with van der Waals surface area (Å²) in [6.07, 6.45) is 23.4. The molecule has 0 N–H and O–H groups in total. The van der Waals surface area contributed by atoms with Gasteiger partial charge in [-0.1, -0.05) is 194 Å². The lowest BCUT2D eigenvalue weighted by Crippen LogP contribution is -2.34. The van der Waals surface area contributed by atoms with Crippen molar-refractivity contribution in [1.29, 1.82) is 0 Å². The minimum atomic E-state index is -0.675. The minimum Gasteiger partial charge on any atom is -0.379 e. The van der Waals surface area contributed by atoms with E-state index in [0.29, 0.717) is 19.1 Å². The highest BCUT2D eigenvalue weighted by Crippen LogP contribution is 2.41. The molecule has 1 aliphatic rings. The Balaban J connectivity index is 1.08. The fourth-order valence-electron chi connectivity index (χ4n) is 6.99. The third-order valence-electron chi connectivity index (χ3n) is 9.69. The van der Waals surface area contributed by atoms with Gasteiger partial charge < -0.3 is 14.2 Å². The van der Waals surface area contributed by atoms with Crippen molar-refractivity contribution in [3.05, 3.63) is 108 Å². The first-order valence-corrected chi connectivity index (χ1v) is 18.8. The molecule has 3 aromatic rings. The lowest BCUT2D eigenvalue weighted by Gasteiger charge is -2.36. The molecule has 0 radical (unpaired) electrons. The molecule has 3 aromatic carbocycles. The smallest absolute Gasteiger partial charge is 0.143 e. The molecule has 1 fully saturated rings. The van der Waals surface area contributed by atoms with Crippen LogP contribution in [0.15, 0.2) is 91.0 Å². The standard InChI is InChI=1S/C43H62O3/c1-2-3-4-5-6-7-8-9-10-11-12-13-14-15-16-26-33-44-37-42-34-38(35-45-42)36-46-43(39-27-20-17-21-28-39,40-29-22-18-23-30-40)41-31-24-19-25-32-41/h17-25,27-32,38,42H,2-16,26,33-37H2,1H3/t38-,42+/m1/s1. The average Bonchev–Trinajstić information content (AvgIpc) is 3.57. The van der Waals surface area contributed by atoms with E-state index in [0.717, 1.165) is 42.7 Å². The zero-order chi connectivity index (χ0) is 32.0. The molecule has 46 heavy (non-hydrogen) atoms. The van der Waals surface area contributed by atoms with Gasteiger partial charge in [0.25, 0.3) is 0 Å². The summed E-state index contributed by atoms with van der Waals surface area (Å²) < 4.78 is 19.3. The number of hydrogen-bond acceptors (Lipinski definition) is 3. The average molecular weight is 627 g/mol. The molecule has 0 amide bonds. The van der Waals surface area contributed by atoms with Crippen LogP contribution >= 0.6 is 0 Å². The van der Waals surface area contributed by atoms with Crippen molar-refractivity contribution in [2.24, 2.45) is 5.92 Å². The van der Waals surface area contributed by atoms with Gasteiger partial charge >= 0.3 is 0 Å². The molecule has 0 unspecified atom stereocenters. The van der Waals surface area contributed by atoms with Crippen molar-refractivity contribution in [3.8, 4) is 0 Å². The van der Waals surface area contributed by atoms with E-state index in [-0.39, 0.29) is 6.10 Å². The van der Waals surface area contributed by atoms with E-state index in [1.54, 1.807) is 0 Å². The third-order valence-corrected chi connectivity index (χ3v) is 9.69. The fraction of sp³-hybridized carbons (Fsp3) is 0.581. The summed E-state index contributed by atoms with van der Waals surface area (Å²) in [5.41, 5.74) is 2.76. The van der Waals surface area contributed by atoms with Gasteiger partial charge in [-0.15, -0.1) is 0 Å². The Morgan fingerprint density at radius 3 is 1.39 bits per heavy atom. The van der Waals surface area contributed by atoms with Gasteiger partial charge in [0.05, 0.1) is 25.9 Å².